The number of nitrogens with zero attached hydrogens (tertiary/aromatic N) is 2. The third kappa shape index (κ3) is 4.86. The lowest BCUT2D eigenvalue weighted by atomic mass is 10.1. The van der Waals surface area contributed by atoms with Crippen LogP contribution in [-0.4, -0.2) is 46.6 Å². The fourth-order valence-electron chi connectivity index (χ4n) is 2.38. The van der Waals surface area contributed by atoms with E-state index in [-0.39, 0.29) is 29.7 Å². The predicted octanol–water partition coefficient (Wildman–Crippen LogP) is 2.40. The average Bonchev–Trinajstić information content (AvgIpc) is 3.05. The smallest absolute Gasteiger partial charge is 0.340 e. The number of nitrogens with one attached hydrogen (secondary N) is 3. The molecule has 3 heterocycles. The summed E-state index contributed by atoms with van der Waals surface area (Å²) in [5.41, 5.74) is 2.22. The number of aromatic nitrogens is 3. The molecule has 0 bridgehead atoms. The number of hydrogen-bond acceptors (Lipinski definition) is 5. The molecule has 0 spiro atoms. The van der Waals surface area contributed by atoms with Crippen molar-refractivity contribution < 1.29 is 27.1 Å². The first-order valence-corrected chi connectivity index (χ1v) is 7.70. The van der Waals surface area contributed by atoms with Gasteiger partial charge in [-0.05, 0) is 6.07 Å². The van der Waals surface area contributed by atoms with Crippen LogP contribution in [0.3, 0.4) is 0 Å². The summed E-state index contributed by atoms with van der Waals surface area (Å²) in [4.78, 5) is 16.0. The minimum Gasteiger partial charge on any atom is -0.471 e. The van der Waals surface area contributed by atoms with Crippen LogP contribution >= 0.6 is 12.4 Å². The molecule has 0 aliphatic carbocycles. The van der Waals surface area contributed by atoms with Crippen LogP contribution in [0.2, 0.25) is 0 Å². The second kappa shape index (κ2) is 8.53. The number of fused-ring (bicyclic) bond motifs is 1. The van der Waals surface area contributed by atoms with Gasteiger partial charge in [0, 0.05) is 36.8 Å². The lowest BCUT2D eigenvalue weighted by molar-refractivity contribution is -0.148. The third-order valence-electron chi connectivity index (χ3n) is 3.75. The van der Waals surface area contributed by atoms with Gasteiger partial charge >= 0.3 is 12.3 Å². The molecule has 148 valence electrons. The highest BCUT2D eigenvalue weighted by molar-refractivity contribution is 6.04. The second-order valence-corrected chi connectivity index (χ2v) is 5.65. The van der Waals surface area contributed by atoms with E-state index in [4.69, 9.17) is 0 Å². The van der Waals surface area contributed by atoms with Gasteiger partial charge in [0.1, 0.15) is 0 Å². The van der Waals surface area contributed by atoms with Gasteiger partial charge in [-0.3, -0.25) is 9.89 Å². The van der Waals surface area contributed by atoms with Crippen molar-refractivity contribution in [3.05, 3.63) is 35.3 Å². The highest BCUT2D eigenvalue weighted by Gasteiger charge is 2.41. The first-order valence-electron chi connectivity index (χ1n) is 7.70. The molecule has 1 aliphatic rings. The Morgan fingerprint density at radius 3 is 2.81 bits per heavy atom. The van der Waals surface area contributed by atoms with Crippen molar-refractivity contribution in [3.63, 3.8) is 0 Å². The number of rotatable bonds is 6. The number of amides is 1. The first kappa shape index (κ1) is 20.9. The van der Waals surface area contributed by atoms with E-state index >= 15 is 0 Å². The summed E-state index contributed by atoms with van der Waals surface area (Å²) in [5, 5.41) is 12.6. The molecule has 7 nitrogen and oxygen atoms in total. The molecule has 3 N–H and O–H groups in total. The molecule has 0 radical (unpaired) electrons. The number of carbonyl (C=O) groups is 1. The van der Waals surface area contributed by atoms with Gasteiger partial charge in [0.2, 0.25) is 5.88 Å². The molecule has 12 heteroatoms. The molecule has 0 unspecified atom stereocenters. The number of halogens is 5. The monoisotopic (exact) mass is 409 g/mol. The number of anilines is 1. The van der Waals surface area contributed by atoms with Crippen LogP contribution in [0.25, 0.3) is 0 Å². The number of hydrogen-bond donors (Lipinski definition) is 3. The van der Waals surface area contributed by atoms with Crippen molar-refractivity contribution in [2.75, 3.05) is 18.5 Å². The van der Waals surface area contributed by atoms with Crippen molar-refractivity contribution in [1.82, 2.24) is 20.5 Å². The second-order valence-electron chi connectivity index (χ2n) is 5.65. The minimum absolute atomic E-state index is 0. The fourth-order valence-corrected chi connectivity index (χ4v) is 2.38. The maximum absolute atomic E-state index is 12.8. The number of alkyl halides is 4. The lowest BCUT2D eigenvalue weighted by Gasteiger charge is -2.15. The van der Waals surface area contributed by atoms with Gasteiger partial charge < -0.3 is 15.4 Å². The SMILES string of the molecule is Cl.O=C(Nc1ccc(OCC(F)(F)C(F)F)nc1)c1n[nH]c2c1CNCC2. The van der Waals surface area contributed by atoms with E-state index in [0.717, 1.165) is 24.2 Å². The van der Waals surface area contributed by atoms with E-state index in [1.54, 1.807) is 0 Å². The van der Waals surface area contributed by atoms with Crippen molar-refractivity contribution in [2.45, 2.75) is 25.3 Å². The maximum atomic E-state index is 12.8. The fraction of sp³-hybridized carbons (Fsp3) is 0.400. The van der Waals surface area contributed by atoms with Gasteiger partial charge in [-0.15, -0.1) is 12.4 Å². The van der Waals surface area contributed by atoms with Crippen LogP contribution in [0, 0.1) is 0 Å². The molecule has 0 fully saturated rings. The average molecular weight is 410 g/mol. The summed E-state index contributed by atoms with van der Waals surface area (Å²) in [6.07, 6.45) is -1.91. The Morgan fingerprint density at radius 1 is 1.37 bits per heavy atom. The maximum Gasteiger partial charge on any atom is 0.340 e. The molecule has 2 aromatic heterocycles. The zero-order valence-corrected chi connectivity index (χ0v) is 14.6. The van der Waals surface area contributed by atoms with E-state index in [0.29, 0.717) is 6.54 Å². The van der Waals surface area contributed by atoms with Crippen LogP contribution < -0.4 is 15.4 Å². The molecule has 0 saturated carbocycles. The topological polar surface area (TPSA) is 91.9 Å². The van der Waals surface area contributed by atoms with Gasteiger partial charge in [-0.1, -0.05) is 0 Å². The standard InChI is InChI=1S/C15H15F4N5O2.ClH/c16-14(17)15(18,19)7-26-11-2-1-8(5-21-11)22-13(25)12-9-6-20-4-3-10(9)23-24-12;/h1-2,5,14,20H,3-4,6-7H2,(H,22,25)(H,23,24);1H. The zero-order chi connectivity index (χ0) is 18.7. The molecule has 3 rings (SSSR count). The summed E-state index contributed by atoms with van der Waals surface area (Å²) in [5.74, 6) is -4.97. The Hall–Kier alpha value is -2.40. The number of aromatic amines is 1. The van der Waals surface area contributed by atoms with Gasteiger partial charge in [0.05, 0.1) is 11.9 Å². The molecular formula is C15H16ClF4N5O2. The molecule has 0 saturated heterocycles. The summed E-state index contributed by atoms with van der Waals surface area (Å²) in [6, 6.07) is 2.55. The number of H-pyrrole nitrogens is 1. The van der Waals surface area contributed by atoms with Crippen molar-refractivity contribution in [3.8, 4) is 5.88 Å². The van der Waals surface area contributed by atoms with E-state index in [1.807, 2.05) is 0 Å². The quantitative estimate of drug-likeness (QED) is 0.637. The first-order chi connectivity index (χ1) is 12.4. The van der Waals surface area contributed by atoms with E-state index in [9.17, 15) is 22.4 Å². The van der Waals surface area contributed by atoms with Gasteiger partial charge in [-0.2, -0.15) is 13.9 Å². The molecule has 2 aromatic rings. The van der Waals surface area contributed by atoms with E-state index < -0.39 is 24.9 Å². The Kier molecular flexibility index (Phi) is 6.60. The Balaban J connectivity index is 0.00000261. The van der Waals surface area contributed by atoms with Crippen molar-refractivity contribution in [1.29, 1.82) is 0 Å². The zero-order valence-electron chi connectivity index (χ0n) is 13.8. The molecule has 0 aromatic carbocycles. The Bertz CT molecular complexity index is 785. The minimum atomic E-state index is -4.26. The van der Waals surface area contributed by atoms with Crippen molar-refractivity contribution >= 4 is 24.0 Å². The predicted molar refractivity (Wildman–Crippen MR) is 89.9 cm³/mol. The molecule has 0 atom stereocenters. The summed E-state index contributed by atoms with van der Waals surface area (Å²) >= 11 is 0. The van der Waals surface area contributed by atoms with Crippen LogP contribution in [0.15, 0.2) is 18.3 Å². The number of carbonyl (C=O) groups excluding carboxylic acids is 1. The van der Waals surface area contributed by atoms with E-state index in [1.165, 1.54) is 18.3 Å². The van der Waals surface area contributed by atoms with Crippen LogP contribution in [-0.2, 0) is 13.0 Å². The normalized spacial score (nSPS) is 13.7. The number of pyridine rings is 1. The number of ether oxygens (including phenoxy) is 1. The largest absolute Gasteiger partial charge is 0.471 e. The van der Waals surface area contributed by atoms with Crippen LogP contribution in [0.1, 0.15) is 21.7 Å². The van der Waals surface area contributed by atoms with Crippen molar-refractivity contribution in [2.24, 2.45) is 0 Å². The summed E-state index contributed by atoms with van der Waals surface area (Å²) in [6.45, 7) is -0.167. The summed E-state index contributed by atoms with van der Waals surface area (Å²) in [7, 11) is 0. The van der Waals surface area contributed by atoms with Crippen LogP contribution in [0.4, 0.5) is 23.2 Å². The molecule has 1 aliphatic heterocycles. The van der Waals surface area contributed by atoms with E-state index in [2.05, 4.69) is 30.6 Å². The Labute approximate surface area is 157 Å². The highest BCUT2D eigenvalue weighted by atomic mass is 35.5. The molecule has 27 heavy (non-hydrogen) atoms. The van der Waals surface area contributed by atoms with Gasteiger partial charge in [0.25, 0.3) is 5.91 Å². The highest BCUT2D eigenvalue weighted by Crippen LogP contribution is 2.24. The lowest BCUT2D eigenvalue weighted by Crippen LogP contribution is -2.33. The Morgan fingerprint density at radius 2 is 2.15 bits per heavy atom. The van der Waals surface area contributed by atoms with Gasteiger partial charge in [0.15, 0.2) is 12.3 Å². The van der Waals surface area contributed by atoms with Crippen LogP contribution in [0.5, 0.6) is 5.88 Å². The van der Waals surface area contributed by atoms with Gasteiger partial charge in [-0.25, -0.2) is 13.8 Å². The molecule has 1 amide bonds. The third-order valence-corrected chi connectivity index (χ3v) is 3.75. The molecular weight excluding hydrogens is 394 g/mol. The summed E-state index contributed by atoms with van der Waals surface area (Å²) < 4.78 is 54.3.